The SMILES string of the molecule is O=C1C(=Cc2ccc3ccccc3c2)Cc2c(O)cccc21. The second-order valence-electron chi connectivity index (χ2n) is 5.59. The van der Waals surface area contributed by atoms with E-state index in [1.807, 2.05) is 24.3 Å². The minimum absolute atomic E-state index is 0.0130. The van der Waals surface area contributed by atoms with Gasteiger partial charge in [-0.05, 0) is 34.5 Å². The molecular formula is C20H14O2. The number of ketones is 1. The summed E-state index contributed by atoms with van der Waals surface area (Å²) in [4.78, 5) is 12.4. The molecule has 4 rings (SSSR count). The van der Waals surface area contributed by atoms with Gasteiger partial charge in [-0.1, -0.05) is 48.5 Å². The maximum Gasteiger partial charge on any atom is 0.189 e. The molecule has 0 atom stereocenters. The summed E-state index contributed by atoms with van der Waals surface area (Å²) in [5, 5.41) is 12.2. The highest BCUT2D eigenvalue weighted by Gasteiger charge is 2.26. The van der Waals surface area contributed by atoms with E-state index in [1.54, 1.807) is 18.2 Å². The number of benzene rings is 3. The molecule has 22 heavy (non-hydrogen) atoms. The Kier molecular flexibility index (Phi) is 2.83. The standard InChI is InChI=1S/C20H14O2/c21-19-7-3-6-17-18(19)12-16(20(17)22)11-13-8-9-14-4-1-2-5-15(14)10-13/h1-11,21H,12H2. The number of hydrogen-bond acceptors (Lipinski definition) is 2. The highest BCUT2D eigenvalue weighted by molar-refractivity contribution is 6.16. The Morgan fingerprint density at radius 1 is 0.909 bits per heavy atom. The van der Waals surface area contributed by atoms with Gasteiger partial charge in [0.2, 0.25) is 0 Å². The molecule has 1 aliphatic carbocycles. The van der Waals surface area contributed by atoms with Gasteiger partial charge in [-0.25, -0.2) is 0 Å². The molecule has 106 valence electrons. The summed E-state index contributed by atoms with van der Waals surface area (Å²) in [6.45, 7) is 0. The monoisotopic (exact) mass is 286 g/mol. The number of phenolic OH excluding ortho intramolecular Hbond substituents is 1. The number of carbonyl (C=O) groups excluding carboxylic acids is 1. The van der Waals surface area contributed by atoms with Crippen molar-refractivity contribution in [3.8, 4) is 5.75 Å². The zero-order valence-electron chi connectivity index (χ0n) is 11.9. The number of carbonyl (C=O) groups is 1. The fourth-order valence-electron chi connectivity index (χ4n) is 3.03. The minimum atomic E-state index is 0.0130. The lowest BCUT2D eigenvalue weighted by molar-refractivity contribution is 0.104. The second kappa shape index (κ2) is 4.85. The van der Waals surface area contributed by atoms with Crippen LogP contribution in [0.25, 0.3) is 16.8 Å². The lowest BCUT2D eigenvalue weighted by Crippen LogP contribution is -1.94. The van der Waals surface area contributed by atoms with Gasteiger partial charge < -0.3 is 5.11 Å². The van der Waals surface area contributed by atoms with Gasteiger partial charge in [0.05, 0.1) is 0 Å². The first-order valence-electron chi connectivity index (χ1n) is 7.27. The third kappa shape index (κ3) is 2.01. The van der Waals surface area contributed by atoms with Gasteiger partial charge >= 0.3 is 0 Å². The van der Waals surface area contributed by atoms with Gasteiger partial charge in [0.15, 0.2) is 5.78 Å². The third-order valence-corrected chi connectivity index (χ3v) is 4.17. The summed E-state index contributed by atoms with van der Waals surface area (Å²) in [6.07, 6.45) is 2.42. The molecule has 0 amide bonds. The van der Waals surface area contributed by atoms with Crippen molar-refractivity contribution in [3.63, 3.8) is 0 Å². The smallest absolute Gasteiger partial charge is 0.189 e. The average molecular weight is 286 g/mol. The van der Waals surface area contributed by atoms with Crippen LogP contribution in [0.2, 0.25) is 0 Å². The molecule has 3 aromatic carbocycles. The van der Waals surface area contributed by atoms with Crippen molar-refractivity contribution in [3.05, 3.63) is 82.9 Å². The number of phenols is 1. The highest BCUT2D eigenvalue weighted by atomic mass is 16.3. The molecule has 0 spiro atoms. The maximum atomic E-state index is 12.4. The normalized spacial score (nSPS) is 15.5. The first-order chi connectivity index (χ1) is 10.7. The summed E-state index contributed by atoms with van der Waals surface area (Å²) in [5.74, 6) is 0.215. The van der Waals surface area contributed by atoms with Crippen LogP contribution in [0.5, 0.6) is 5.75 Å². The van der Waals surface area contributed by atoms with E-state index in [1.165, 1.54) is 5.39 Å². The molecule has 0 saturated heterocycles. The first kappa shape index (κ1) is 12.8. The Morgan fingerprint density at radius 3 is 2.55 bits per heavy atom. The number of rotatable bonds is 1. The van der Waals surface area contributed by atoms with Gasteiger partial charge in [0.25, 0.3) is 0 Å². The van der Waals surface area contributed by atoms with Gasteiger partial charge in [-0.2, -0.15) is 0 Å². The van der Waals surface area contributed by atoms with Crippen molar-refractivity contribution in [1.29, 1.82) is 0 Å². The van der Waals surface area contributed by atoms with E-state index in [0.29, 0.717) is 12.0 Å². The van der Waals surface area contributed by atoms with Crippen molar-refractivity contribution >= 4 is 22.6 Å². The zero-order chi connectivity index (χ0) is 15.1. The van der Waals surface area contributed by atoms with Crippen LogP contribution < -0.4 is 0 Å². The van der Waals surface area contributed by atoms with Gasteiger partial charge in [0, 0.05) is 23.1 Å². The molecule has 0 aliphatic heterocycles. The molecule has 3 aromatic rings. The van der Waals surface area contributed by atoms with E-state index in [0.717, 1.165) is 22.1 Å². The van der Waals surface area contributed by atoms with E-state index >= 15 is 0 Å². The van der Waals surface area contributed by atoms with Crippen LogP contribution in [0.1, 0.15) is 21.5 Å². The zero-order valence-corrected chi connectivity index (χ0v) is 11.9. The third-order valence-electron chi connectivity index (χ3n) is 4.17. The minimum Gasteiger partial charge on any atom is -0.508 e. The molecule has 0 saturated carbocycles. The molecule has 0 radical (unpaired) electrons. The first-order valence-corrected chi connectivity index (χ1v) is 7.27. The quantitative estimate of drug-likeness (QED) is 0.674. The number of aromatic hydroxyl groups is 1. The molecular weight excluding hydrogens is 272 g/mol. The summed E-state index contributed by atoms with van der Waals surface area (Å²) in [5.41, 5.74) is 3.09. The van der Waals surface area contributed by atoms with Crippen LogP contribution in [0.15, 0.2) is 66.2 Å². The summed E-state index contributed by atoms with van der Waals surface area (Å²) < 4.78 is 0. The fourth-order valence-corrected chi connectivity index (χ4v) is 3.03. The number of Topliss-reactive ketones (excluding diaryl/α,β-unsaturated/α-hetero) is 1. The van der Waals surface area contributed by atoms with Crippen LogP contribution in [0.3, 0.4) is 0 Å². The summed E-state index contributed by atoms with van der Waals surface area (Å²) >= 11 is 0. The number of allylic oxidation sites excluding steroid dienone is 1. The van der Waals surface area contributed by atoms with Crippen molar-refractivity contribution in [2.24, 2.45) is 0 Å². The Morgan fingerprint density at radius 2 is 1.73 bits per heavy atom. The van der Waals surface area contributed by atoms with Crippen molar-refractivity contribution in [1.82, 2.24) is 0 Å². The van der Waals surface area contributed by atoms with E-state index in [4.69, 9.17) is 0 Å². The molecule has 0 aromatic heterocycles. The molecule has 1 N–H and O–H groups in total. The van der Waals surface area contributed by atoms with Gasteiger partial charge in [-0.15, -0.1) is 0 Å². The van der Waals surface area contributed by atoms with Crippen molar-refractivity contribution in [2.75, 3.05) is 0 Å². The lowest BCUT2D eigenvalue weighted by atomic mass is 10.0. The molecule has 0 fully saturated rings. The van der Waals surface area contributed by atoms with Crippen LogP contribution in [-0.4, -0.2) is 10.9 Å². The lowest BCUT2D eigenvalue weighted by Gasteiger charge is -2.01. The largest absolute Gasteiger partial charge is 0.508 e. The Labute approximate surface area is 128 Å². The Hall–Kier alpha value is -2.87. The van der Waals surface area contributed by atoms with Crippen LogP contribution >= 0.6 is 0 Å². The van der Waals surface area contributed by atoms with Gasteiger partial charge in [-0.3, -0.25) is 4.79 Å². The topological polar surface area (TPSA) is 37.3 Å². The summed E-state index contributed by atoms with van der Waals surface area (Å²) in [7, 11) is 0. The van der Waals surface area contributed by atoms with E-state index in [-0.39, 0.29) is 11.5 Å². The maximum absolute atomic E-state index is 12.4. The fraction of sp³-hybridized carbons (Fsp3) is 0.0500. The number of hydrogen-bond donors (Lipinski definition) is 1. The highest BCUT2D eigenvalue weighted by Crippen LogP contribution is 2.33. The Bertz CT molecular complexity index is 935. The van der Waals surface area contributed by atoms with E-state index < -0.39 is 0 Å². The number of fused-ring (bicyclic) bond motifs is 2. The molecule has 0 unspecified atom stereocenters. The van der Waals surface area contributed by atoms with Gasteiger partial charge in [0.1, 0.15) is 5.75 Å². The molecule has 1 aliphatic rings. The van der Waals surface area contributed by atoms with Crippen molar-refractivity contribution in [2.45, 2.75) is 6.42 Å². The van der Waals surface area contributed by atoms with Crippen LogP contribution in [0.4, 0.5) is 0 Å². The van der Waals surface area contributed by atoms with E-state index in [2.05, 4.69) is 24.3 Å². The summed E-state index contributed by atoms with van der Waals surface area (Å²) in [6, 6.07) is 19.4. The molecule has 2 heteroatoms. The predicted molar refractivity (Wildman–Crippen MR) is 88.1 cm³/mol. The molecule has 2 nitrogen and oxygen atoms in total. The Balaban J connectivity index is 1.77. The van der Waals surface area contributed by atoms with E-state index in [9.17, 15) is 9.90 Å². The average Bonchev–Trinajstić information content (AvgIpc) is 2.85. The van der Waals surface area contributed by atoms with Crippen LogP contribution in [-0.2, 0) is 6.42 Å². The second-order valence-corrected chi connectivity index (χ2v) is 5.59. The predicted octanol–water partition coefficient (Wildman–Crippen LogP) is 4.37. The van der Waals surface area contributed by atoms with Crippen molar-refractivity contribution < 1.29 is 9.90 Å². The molecule has 0 bridgehead atoms. The van der Waals surface area contributed by atoms with Crippen LogP contribution in [0, 0.1) is 0 Å². The molecule has 0 heterocycles.